The molecule has 2 nitrogen and oxygen atoms in total. The van der Waals surface area contributed by atoms with Crippen molar-refractivity contribution in [2.45, 2.75) is 38.1 Å². The summed E-state index contributed by atoms with van der Waals surface area (Å²) in [5.74, 6) is 0. The van der Waals surface area contributed by atoms with Crippen molar-refractivity contribution in [1.29, 1.82) is 5.26 Å². The summed E-state index contributed by atoms with van der Waals surface area (Å²) >= 11 is 1.64. The standard InChI is InChI=1S/C14H18N2S/c15-11-13(14-7-4-10-17-14)16-9-8-12-5-2-1-3-6-12/h4-5,7,10,13,16H,1-3,6,8-9H2. The molecule has 90 valence electrons. The third-order valence-corrected chi connectivity index (χ3v) is 4.07. The molecule has 0 fully saturated rings. The highest BCUT2D eigenvalue weighted by Gasteiger charge is 2.10. The van der Waals surface area contributed by atoms with Crippen LogP contribution in [0, 0.1) is 11.3 Å². The molecule has 2 rings (SSSR count). The molecule has 0 aromatic carbocycles. The van der Waals surface area contributed by atoms with Gasteiger partial charge in [0.1, 0.15) is 6.04 Å². The molecule has 0 saturated heterocycles. The monoisotopic (exact) mass is 246 g/mol. The molecule has 1 aliphatic carbocycles. The van der Waals surface area contributed by atoms with Crippen LogP contribution in [0.4, 0.5) is 0 Å². The summed E-state index contributed by atoms with van der Waals surface area (Å²) in [7, 11) is 0. The van der Waals surface area contributed by atoms with Crippen LogP contribution < -0.4 is 5.32 Å². The second-order valence-electron chi connectivity index (χ2n) is 4.39. The van der Waals surface area contributed by atoms with Crippen LogP contribution in [0.3, 0.4) is 0 Å². The lowest BCUT2D eigenvalue weighted by Gasteiger charge is -2.14. The van der Waals surface area contributed by atoms with Gasteiger partial charge in [-0.15, -0.1) is 11.3 Å². The van der Waals surface area contributed by atoms with Crippen molar-refractivity contribution in [3.05, 3.63) is 34.0 Å². The molecule has 1 atom stereocenters. The van der Waals surface area contributed by atoms with Crippen LogP contribution in [-0.4, -0.2) is 6.54 Å². The first-order valence-electron chi connectivity index (χ1n) is 6.24. The van der Waals surface area contributed by atoms with Gasteiger partial charge in [0, 0.05) is 11.4 Å². The molecule has 1 unspecified atom stereocenters. The summed E-state index contributed by atoms with van der Waals surface area (Å²) in [6.07, 6.45) is 8.62. The highest BCUT2D eigenvalue weighted by Crippen LogP contribution is 2.21. The first kappa shape index (κ1) is 12.3. The highest BCUT2D eigenvalue weighted by atomic mass is 32.1. The number of allylic oxidation sites excluding steroid dienone is 1. The van der Waals surface area contributed by atoms with Crippen LogP contribution in [0.1, 0.15) is 43.0 Å². The predicted octanol–water partition coefficient (Wildman–Crippen LogP) is 3.79. The maximum atomic E-state index is 9.11. The Hall–Kier alpha value is -1.11. The van der Waals surface area contributed by atoms with E-state index in [-0.39, 0.29) is 6.04 Å². The first-order valence-corrected chi connectivity index (χ1v) is 7.12. The maximum absolute atomic E-state index is 9.11. The average Bonchev–Trinajstić information content (AvgIpc) is 2.90. The van der Waals surface area contributed by atoms with Crippen molar-refractivity contribution in [2.24, 2.45) is 0 Å². The summed E-state index contributed by atoms with van der Waals surface area (Å²) in [5, 5.41) is 14.5. The average molecular weight is 246 g/mol. The molecular weight excluding hydrogens is 228 g/mol. The second-order valence-corrected chi connectivity index (χ2v) is 5.37. The van der Waals surface area contributed by atoms with E-state index in [2.05, 4.69) is 17.5 Å². The van der Waals surface area contributed by atoms with E-state index in [4.69, 9.17) is 5.26 Å². The zero-order valence-corrected chi connectivity index (χ0v) is 10.8. The minimum atomic E-state index is -0.140. The third kappa shape index (κ3) is 3.69. The van der Waals surface area contributed by atoms with E-state index in [1.54, 1.807) is 16.9 Å². The second kappa shape index (κ2) is 6.58. The minimum Gasteiger partial charge on any atom is -0.297 e. The number of nitriles is 1. The van der Waals surface area contributed by atoms with Crippen molar-refractivity contribution < 1.29 is 0 Å². The fourth-order valence-corrected chi connectivity index (χ4v) is 2.92. The molecule has 17 heavy (non-hydrogen) atoms. The molecule has 1 aromatic rings. The Labute approximate surface area is 107 Å². The van der Waals surface area contributed by atoms with E-state index in [0.29, 0.717) is 0 Å². The van der Waals surface area contributed by atoms with E-state index in [1.807, 2.05) is 17.5 Å². The van der Waals surface area contributed by atoms with Crippen LogP contribution in [-0.2, 0) is 0 Å². The highest BCUT2D eigenvalue weighted by molar-refractivity contribution is 7.10. The minimum absolute atomic E-state index is 0.140. The van der Waals surface area contributed by atoms with Crippen molar-refractivity contribution in [2.75, 3.05) is 6.54 Å². The van der Waals surface area contributed by atoms with Gasteiger partial charge in [0.05, 0.1) is 6.07 Å². The molecule has 1 aliphatic rings. The summed E-state index contributed by atoms with van der Waals surface area (Å²) in [5.41, 5.74) is 1.56. The van der Waals surface area contributed by atoms with Crippen LogP contribution in [0.15, 0.2) is 29.2 Å². The molecule has 0 spiro atoms. The van der Waals surface area contributed by atoms with Crippen molar-refractivity contribution in [3.8, 4) is 6.07 Å². The van der Waals surface area contributed by atoms with Gasteiger partial charge >= 0.3 is 0 Å². The third-order valence-electron chi connectivity index (χ3n) is 3.14. The number of nitrogens with one attached hydrogen (secondary N) is 1. The van der Waals surface area contributed by atoms with Gasteiger partial charge in [-0.2, -0.15) is 5.26 Å². The summed E-state index contributed by atoms with van der Waals surface area (Å²) in [6.45, 7) is 0.905. The summed E-state index contributed by atoms with van der Waals surface area (Å²) in [6, 6.07) is 6.20. The predicted molar refractivity (Wildman–Crippen MR) is 71.8 cm³/mol. The zero-order valence-electron chi connectivity index (χ0n) is 9.98. The Kier molecular flexibility index (Phi) is 4.78. The van der Waals surface area contributed by atoms with E-state index >= 15 is 0 Å². The molecule has 1 N–H and O–H groups in total. The number of nitrogens with zero attached hydrogens (tertiary/aromatic N) is 1. The molecule has 0 saturated carbocycles. The molecule has 0 bridgehead atoms. The molecular formula is C14H18N2S. The van der Waals surface area contributed by atoms with Gasteiger partial charge < -0.3 is 0 Å². The van der Waals surface area contributed by atoms with Gasteiger partial charge in [-0.25, -0.2) is 0 Å². The topological polar surface area (TPSA) is 35.8 Å². The SMILES string of the molecule is N#CC(NCCC1=CCCCC1)c1cccs1. The Bertz CT molecular complexity index is 400. The van der Waals surface area contributed by atoms with Gasteiger partial charge in [-0.1, -0.05) is 17.7 Å². The van der Waals surface area contributed by atoms with Gasteiger partial charge in [0.15, 0.2) is 0 Å². The van der Waals surface area contributed by atoms with E-state index in [1.165, 1.54) is 25.7 Å². The molecule has 1 aromatic heterocycles. The van der Waals surface area contributed by atoms with Gasteiger partial charge in [-0.3, -0.25) is 5.32 Å². The number of hydrogen-bond donors (Lipinski definition) is 1. The lowest BCUT2D eigenvalue weighted by Crippen LogP contribution is -2.20. The number of thiophene rings is 1. The fraction of sp³-hybridized carbons (Fsp3) is 0.500. The van der Waals surface area contributed by atoms with E-state index in [0.717, 1.165) is 17.8 Å². The molecule has 1 heterocycles. The van der Waals surface area contributed by atoms with Gasteiger partial charge in [-0.05, 0) is 43.6 Å². The fourth-order valence-electron chi connectivity index (χ4n) is 2.17. The number of hydrogen-bond acceptors (Lipinski definition) is 3. The van der Waals surface area contributed by atoms with Gasteiger partial charge in [0.25, 0.3) is 0 Å². The van der Waals surface area contributed by atoms with Crippen LogP contribution in [0.2, 0.25) is 0 Å². The molecule has 0 amide bonds. The molecule has 0 radical (unpaired) electrons. The lowest BCUT2D eigenvalue weighted by molar-refractivity contribution is 0.606. The number of rotatable bonds is 5. The normalized spacial score (nSPS) is 17.2. The first-order chi connectivity index (χ1) is 8.40. The van der Waals surface area contributed by atoms with Crippen molar-refractivity contribution >= 4 is 11.3 Å². The molecule has 0 aliphatic heterocycles. The van der Waals surface area contributed by atoms with E-state index < -0.39 is 0 Å². The Balaban J connectivity index is 1.77. The Morgan fingerprint density at radius 2 is 2.41 bits per heavy atom. The Morgan fingerprint density at radius 1 is 1.47 bits per heavy atom. The van der Waals surface area contributed by atoms with Crippen LogP contribution in [0.5, 0.6) is 0 Å². The summed E-state index contributed by atoms with van der Waals surface area (Å²) in [4.78, 5) is 1.12. The van der Waals surface area contributed by atoms with Crippen LogP contribution >= 0.6 is 11.3 Å². The van der Waals surface area contributed by atoms with E-state index in [9.17, 15) is 0 Å². The molecule has 3 heteroatoms. The van der Waals surface area contributed by atoms with Gasteiger partial charge in [0.2, 0.25) is 0 Å². The lowest BCUT2D eigenvalue weighted by atomic mass is 9.97. The quantitative estimate of drug-likeness (QED) is 0.802. The van der Waals surface area contributed by atoms with Crippen molar-refractivity contribution in [3.63, 3.8) is 0 Å². The smallest absolute Gasteiger partial charge is 0.130 e. The maximum Gasteiger partial charge on any atom is 0.130 e. The zero-order chi connectivity index (χ0) is 11.9. The van der Waals surface area contributed by atoms with Crippen LogP contribution in [0.25, 0.3) is 0 Å². The largest absolute Gasteiger partial charge is 0.297 e. The summed E-state index contributed by atoms with van der Waals surface area (Å²) < 4.78 is 0. The van der Waals surface area contributed by atoms with Crippen molar-refractivity contribution in [1.82, 2.24) is 5.32 Å². The Morgan fingerprint density at radius 3 is 3.06 bits per heavy atom.